The molecule has 0 amide bonds. The smallest absolute Gasteiger partial charge is 0.338 e. The monoisotopic (exact) mass is 482 g/mol. The highest BCUT2D eigenvalue weighted by Crippen LogP contribution is 2.37. The van der Waals surface area contributed by atoms with Gasteiger partial charge in [0.05, 0.1) is 18.1 Å². The van der Waals surface area contributed by atoms with Crippen molar-refractivity contribution < 1.29 is 65.1 Å². The van der Waals surface area contributed by atoms with Crippen LogP contribution in [0.15, 0.2) is 24.3 Å². The topological polar surface area (TPSA) is 243 Å². The van der Waals surface area contributed by atoms with Gasteiger partial charge < -0.3 is 55.5 Å². The van der Waals surface area contributed by atoms with E-state index in [9.17, 15) is 55.2 Å². The van der Waals surface area contributed by atoms with Gasteiger partial charge in [-0.05, 0) is 24.3 Å². The third-order valence-corrected chi connectivity index (χ3v) is 4.88. The predicted octanol–water partition coefficient (Wildman–Crippen LogP) is -0.752. The first kappa shape index (κ1) is 26.2. The zero-order chi connectivity index (χ0) is 25.7. The maximum absolute atomic E-state index is 12.6. The molecule has 0 aromatic heterocycles. The van der Waals surface area contributed by atoms with Gasteiger partial charge in [-0.3, -0.25) is 4.79 Å². The molecule has 0 bridgehead atoms. The minimum atomic E-state index is -2.09. The Bertz CT molecular complexity index is 1030. The summed E-state index contributed by atoms with van der Waals surface area (Å²) in [5.74, 6) is -9.17. The van der Waals surface area contributed by atoms with Crippen LogP contribution in [0.2, 0.25) is 0 Å². The molecule has 0 aliphatic rings. The Balaban J connectivity index is 2.36. The SMILES string of the molecule is O=C[C@H](CC(=O)c1cc(O)c(O)c(O)c1)[C@@H](OC(=O)c1cc(O)c(O)c(O)c1)[C@H](O)[C@H](O)CO. The second kappa shape index (κ2) is 10.7. The van der Waals surface area contributed by atoms with Gasteiger partial charge in [0.1, 0.15) is 24.6 Å². The Labute approximate surface area is 191 Å². The van der Waals surface area contributed by atoms with Gasteiger partial charge in [-0.1, -0.05) is 0 Å². The number of rotatable bonds is 10. The van der Waals surface area contributed by atoms with Crippen LogP contribution in [0, 0.1) is 5.92 Å². The highest BCUT2D eigenvalue weighted by Gasteiger charge is 2.37. The number of phenols is 6. The first-order valence-electron chi connectivity index (χ1n) is 9.57. The lowest BCUT2D eigenvalue weighted by atomic mass is 9.89. The molecule has 0 fully saturated rings. The zero-order valence-corrected chi connectivity index (χ0v) is 17.3. The molecule has 0 heterocycles. The molecule has 0 aliphatic carbocycles. The normalized spacial score (nSPS) is 14.6. The summed E-state index contributed by atoms with van der Waals surface area (Å²) < 4.78 is 5.04. The molecule has 2 rings (SSSR count). The molecule has 13 heteroatoms. The van der Waals surface area contributed by atoms with Crippen molar-refractivity contribution in [2.75, 3.05) is 6.61 Å². The third-order valence-electron chi connectivity index (χ3n) is 4.88. The number of aldehydes is 1. The minimum Gasteiger partial charge on any atom is -0.504 e. The van der Waals surface area contributed by atoms with E-state index >= 15 is 0 Å². The molecule has 0 spiro atoms. The van der Waals surface area contributed by atoms with Crippen molar-refractivity contribution in [1.29, 1.82) is 0 Å². The first-order chi connectivity index (χ1) is 15.9. The van der Waals surface area contributed by atoms with E-state index in [4.69, 9.17) is 9.84 Å². The molecule has 2 aromatic carbocycles. The van der Waals surface area contributed by atoms with Crippen LogP contribution in [0.1, 0.15) is 27.1 Å². The van der Waals surface area contributed by atoms with Gasteiger partial charge in [0.15, 0.2) is 40.3 Å². The molecule has 0 saturated carbocycles. The number of aliphatic hydroxyl groups is 3. The standard InChI is InChI=1S/C21H22O13/c22-6-10(5-11(24)8-1-12(25)17(30)13(26)2-8)20(19(32)16(29)7-23)34-21(33)9-3-14(27)18(31)15(28)4-9/h1-4,6,10,16,19-20,23,25-32H,5,7H2/t10-,16+,19+,20+/m0/s1. The Morgan fingerprint density at radius 1 is 0.824 bits per heavy atom. The van der Waals surface area contributed by atoms with Gasteiger partial charge in [0.25, 0.3) is 0 Å². The number of Topliss-reactive ketones (excluding diaryl/α,β-unsaturated/α-hetero) is 1. The molecule has 0 aliphatic heterocycles. The van der Waals surface area contributed by atoms with Gasteiger partial charge in [-0.2, -0.15) is 0 Å². The number of ether oxygens (including phenoxy) is 1. The number of aromatic hydroxyl groups is 6. The lowest BCUT2D eigenvalue weighted by Gasteiger charge is -2.29. The molecule has 184 valence electrons. The predicted molar refractivity (Wildman–Crippen MR) is 110 cm³/mol. The average Bonchev–Trinajstić information content (AvgIpc) is 2.80. The quantitative estimate of drug-likeness (QED) is 0.0877. The molecular weight excluding hydrogens is 460 g/mol. The number of ketones is 1. The fourth-order valence-electron chi connectivity index (χ4n) is 2.99. The largest absolute Gasteiger partial charge is 0.504 e. The van der Waals surface area contributed by atoms with Crippen LogP contribution < -0.4 is 0 Å². The fourth-order valence-corrected chi connectivity index (χ4v) is 2.99. The van der Waals surface area contributed by atoms with Gasteiger partial charge in [-0.25, -0.2) is 4.79 Å². The number of aliphatic hydroxyl groups excluding tert-OH is 3. The Morgan fingerprint density at radius 2 is 1.26 bits per heavy atom. The number of benzene rings is 2. The van der Waals surface area contributed by atoms with Crippen molar-refractivity contribution >= 4 is 18.0 Å². The van der Waals surface area contributed by atoms with E-state index in [2.05, 4.69) is 0 Å². The molecule has 4 atom stereocenters. The van der Waals surface area contributed by atoms with Crippen LogP contribution >= 0.6 is 0 Å². The summed E-state index contributed by atoms with van der Waals surface area (Å²) >= 11 is 0. The van der Waals surface area contributed by atoms with Crippen molar-refractivity contribution in [3.8, 4) is 34.5 Å². The number of carbonyl (C=O) groups is 3. The number of hydrogen-bond donors (Lipinski definition) is 9. The van der Waals surface area contributed by atoms with Crippen LogP contribution in [0.3, 0.4) is 0 Å². The zero-order valence-electron chi connectivity index (χ0n) is 17.3. The highest BCUT2D eigenvalue weighted by molar-refractivity contribution is 5.98. The Kier molecular flexibility index (Phi) is 8.24. The fraction of sp³-hybridized carbons (Fsp3) is 0.286. The highest BCUT2D eigenvalue weighted by atomic mass is 16.6. The van der Waals surface area contributed by atoms with E-state index in [-0.39, 0.29) is 11.8 Å². The van der Waals surface area contributed by atoms with Crippen LogP contribution in [0.4, 0.5) is 0 Å². The summed E-state index contributed by atoms with van der Waals surface area (Å²) in [6, 6.07) is 2.99. The van der Waals surface area contributed by atoms with Crippen molar-refractivity contribution in [2.24, 2.45) is 5.92 Å². The van der Waals surface area contributed by atoms with Crippen molar-refractivity contribution in [3.05, 3.63) is 35.4 Å². The van der Waals surface area contributed by atoms with Crippen molar-refractivity contribution in [1.82, 2.24) is 0 Å². The lowest BCUT2D eigenvalue weighted by Crippen LogP contribution is -2.47. The van der Waals surface area contributed by atoms with E-state index in [0.29, 0.717) is 12.1 Å². The van der Waals surface area contributed by atoms with E-state index in [1.54, 1.807) is 0 Å². The van der Waals surface area contributed by atoms with E-state index in [0.717, 1.165) is 12.1 Å². The average molecular weight is 482 g/mol. The van der Waals surface area contributed by atoms with Crippen molar-refractivity contribution in [2.45, 2.75) is 24.7 Å². The molecule has 2 aromatic rings. The first-order valence-corrected chi connectivity index (χ1v) is 9.57. The van der Waals surface area contributed by atoms with Gasteiger partial charge in [0, 0.05) is 12.0 Å². The molecule has 13 nitrogen and oxygen atoms in total. The second-order valence-corrected chi connectivity index (χ2v) is 7.26. The summed E-state index contributed by atoms with van der Waals surface area (Å²) in [6.45, 7) is -1.02. The maximum atomic E-state index is 12.6. The summed E-state index contributed by atoms with van der Waals surface area (Å²) in [5, 5.41) is 86.3. The van der Waals surface area contributed by atoms with E-state index < -0.39 is 89.1 Å². The van der Waals surface area contributed by atoms with Gasteiger partial charge >= 0.3 is 5.97 Å². The van der Waals surface area contributed by atoms with E-state index in [1.165, 1.54) is 0 Å². The summed E-state index contributed by atoms with van der Waals surface area (Å²) in [4.78, 5) is 36.8. The molecule has 0 unspecified atom stereocenters. The third kappa shape index (κ3) is 5.64. The molecule has 0 radical (unpaired) electrons. The van der Waals surface area contributed by atoms with Crippen LogP contribution in [0.5, 0.6) is 34.5 Å². The Hall–Kier alpha value is -4.07. The summed E-state index contributed by atoms with van der Waals surface area (Å²) in [7, 11) is 0. The Morgan fingerprint density at radius 3 is 1.68 bits per heavy atom. The maximum Gasteiger partial charge on any atom is 0.338 e. The molecule has 34 heavy (non-hydrogen) atoms. The number of esters is 1. The van der Waals surface area contributed by atoms with Crippen molar-refractivity contribution in [3.63, 3.8) is 0 Å². The summed E-state index contributed by atoms with van der Waals surface area (Å²) in [5.41, 5.74) is -0.886. The number of hydrogen-bond acceptors (Lipinski definition) is 13. The minimum absolute atomic E-state index is 0.120. The van der Waals surface area contributed by atoms with E-state index in [1.807, 2.05) is 0 Å². The molecule has 9 N–H and O–H groups in total. The molecule has 0 saturated heterocycles. The lowest BCUT2D eigenvalue weighted by molar-refractivity contribution is -0.126. The van der Waals surface area contributed by atoms with Crippen LogP contribution in [-0.4, -0.2) is 88.9 Å². The second-order valence-electron chi connectivity index (χ2n) is 7.26. The molecular formula is C21H22O13. The summed E-state index contributed by atoms with van der Waals surface area (Å²) in [6.07, 6.45) is -6.60. The van der Waals surface area contributed by atoms with Gasteiger partial charge in [0.2, 0.25) is 0 Å². The number of phenolic OH excluding ortho intramolecular Hbond substituents is 6. The van der Waals surface area contributed by atoms with Crippen LogP contribution in [-0.2, 0) is 9.53 Å². The van der Waals surface area contributed by atoms with Gasteiger partial charge in [-0.15, -0.1) is 0 Å². The van der Waals surface area contributed by atoms with Crippen LogP contribution in [0.25, 0.3) is 0 Å². The number of carbonyl (C=O) groups excluding carboxylic acids is 3.